The third-order valence-electron chi connectivity index (χ3n) is 2.86. The van der Waals surface area contributed by atoms with Gasteiger partial charge in [0.25, 0.3) is 0 Å². The molecule has 0 amide bonds. The van der Waals surface area contributed by atoms with Crippen molar-refractivity contribution >= 4 is 5.97 Å². The zero-order chi connectivity index (χ0) is 13.3. The highest BCUT2D eigenvalue weighted by molar-refractivity contribution is 5.90. The van der Waals surface area contributed by atoms with Crippen molar-refractivity contribution in [2.24, 2.45) is 0 Å². The van der Waals surface area contributed by atoms with Crippen LogP contribution in [0.3, 0.4) is 0 Å². The van der Waals surface area contributed by atoms with Gasteiger partial charge < -0.3 is 5.11 Å². The Balaban J connectivity index is 2.36. The number of carbonyl (C=O) groups is 1. The smallest absolute Gasteiger partial charge is 0.339 e. The lowest BCUT2D eigenvalue weighted by Gasteiger charge is -2.05. The Morgan fingerprint density at radius 2 is 2.06 bits per heavy atom. The van der Waals surface area contributed by atoms with Gasteiger partial charge in [0, 0.05) is 12.4 Å². The van der Waals surface area contributed by atoms with E-state index in [0.29, 0.717) is 17.9 Å². The fourth-order valence-corrected chi connectivity index (χ4v) is 2.04. The second kappa shape index (κ2) is 4.60. The van der Waals surface area contributed by atoms with Crippen LogP contribution in [-0.2, 0) is 6.54 Å². The van der Waals surface area contributed by atoms with Gasteiger partial charge >= 0.3 is 5.97 Å². The molecule has 0 atom stereocenters. The molecular formula is C13H15N3O2. The molecule has 94 valence electrons. The van der Waals surface area contributed by atoms with Crippen molar-refractivity contribution in [1.82, 2.24) is 14.8 Å². The van der Waals surface area contributed by atoms with Gasteiger partial charge in [0.05, 0.1) is 17.9 Å². The molecule has 0 spiro atoms. The Kier molecular flexibility index (Phi) is 3.14. The number of aromatic carboxylic acids is 1. The van der Waals surface area contributed by atoms with E-state index in [1.54, 1.807) is 30.9 Å². The minimum Gasteiger partial charge on any atom is -0.478 e. The standard InChI is InChI=1S/C13H15N3O2/c1-8-4-11(6-14-5-8)7-16-10(3)12(13(17)18)9(2)15-16/h4-6H,7H2,1-3H3,(H,17,18). The van der Waals surface area contributed by atoms with Crippen molar-refractivity contribution in [3.8, 4) is 0 Å². The fraction of sp³-hybridized carbons (Fsp3) is 0.308. The van der Waals surface area contributed by atoms with Gasteiger partial charge in [-0.3, -0.25) is 9.67 Å². The molecule has 0 aromatic carbocycles. The number of hydrogen-bond donors (Lipinski definition) is 1. The van der Waals surface area contributed by atoms with Crippen LogP contribution in [0.2, 0.25) is 0 Å². The summed E-state index contributed by atoms with van der Waals surface area (Å²) in [5, 5.41) is 13.4. The molecule has 0 saturated carbocycles. The molecule has 0 aliphatic heterocycles. The summed E-state index contributed by atoms with van der Waals surface area (Å²) in [6.45, 7) is 5.99. The van der Waals surface area contributed by atoms with E-state index >= 15 is 0 Å². The minimum absolute atomic E-state index is 0.288. The highest BCUT2D eigenvalue weighted by atomic mass is 16.4. The largest absolute Gasteiger partial charge is 0.478 e. The summed E-state index contributed by atoms with van der Waals surface area (Å²) < 4.78 is 1.70. The highest BCUT2D eigenvalue weighted by Gasteiger charge is 2.17. The molecule has 0 saturated heterocycles. The maximum Gasteiger partial charge on any atom is 0.339 e. The molecule has 2 aromatic rings. The van der Waals surface area contributed by atoms with Crippen LogP contribution in [-0.4, -0.2) is 25.8 Å². The van der Waals surface area contributed by atoms with Gasteiger partial charge in [-0.15, -0.1) is 0 Å². The van der Waals surface area contributed by atoms with E-state index in [9.17, 15) is 4.79 Å². The first kappa shape index (κ1) is 12.3. The molecule has 2 aromatic heterocycles. The van der Waals surface area contributed by atoms with Gasteiger partial charge in [0.2, 0.25) is 0 Å². The topological polar surface area (TPSA) is 68.0 Å². The lowest BCUT2D eigenvalue weighted by molar-refractivity contribution is 0.0695. The Morgan fingerprint density at radius 1 is 1.33 bits per heavy atom. The van der Waals surface area contributed by atoms with E-state index in [0.717, 1.165) is 11.1 Å². The number of aryl methyl sites for hydroxylation is 2. The Labute approximate surface area is 105 Å². The van der Waals surface area contributed by atoms with Crippen LogP contribution in [0.4, 0.5) is 0 Å². The van der Waals surface area contributed by atoms with Crippen LogP contribution >= 0.6 is 0 Å². The predicted molar refractivity (Wildman–Crippen MR) is 66.7 cm³/mol. The number of rotatable bonds is 3. The molecule has 0 aliphatic carbocycles. The van der Waals surface area contributed by atoms with E-state index in [4.69, 9.17) is 5.11 Å². The van der Waals surface area contributed by atoms with Crippen molar-refractivity contribution < 1.29 is 9.90 Å². The number of nitrogens with zero attached hydrogens (tertiary/aromatic N) is 3. The lowest BCUT2D eigenvalue weighted by Crippen LogP contribution is -2.06. The van der Waals surface area contributed by atoms with Gasteiger partial charge in [-0.25, -0.2) is 4.79 Å². The van der Waals surface area contributed by atoms with E-state index in [1.807, 2.05) is 13.0 Å². The molecule has 0 fully saturated rings. The first-order chi connectivity index (χ1) is 8.49. The Morgan fingerprint density at radius 3 is 2.61 bits per heavy atom. The quantitative estimate of drug-likeness (QED) is 0.897. The summed E-state index contributed by atoms with van der Waals surface area (Å²) in [4.78, 5) is 15.2. The third kappa shape index (κ3) is 2.25. The normalized spacial score (nSPS) is 10.6. The zero-order valence-corrected chi connectivity index (χ0v) is 10.6. The molecule has 0 radical (unpaired) electrons. The van der Waals surface area contributed by atoms with Gasteiger partial charge in [-0.1, -0.05) is 6.07 Å². The summed E-state index contributed by atoms with van der Waals surface area (Å²) in [7, 11) is 0. The average Bonchev–Trinajstić information content (AvgIpc) is 2.54. The second-order valence-corrected chi connectivity index (χ2v) is 4.38. The maximum atomic E-state index is 11.1. The van der Waals surface area contributed by atoms with Crippen LogP contribution < -0.4 is 0 Å². The molecule has 5 heteroatoms. The SMILES string of the molecule is Cc1cncc(Cn2nc(C)c(C(=O)O)c2C)c1. The molecular weight excluding hydrogens is 230 g/mol. The van der Waals surface area contributed by atoms with Crippen LogP contribution in [0.5, 0.6) is 0 Å². The predicted octanol–water partition coefficient (Wildman–Crippen LogP) is 1.95. The molecule has 2 heterocycles. The van der Waals surface area contributed by atoms with Crippen molar-refractivity contribution in [2.45, 2.75) is 27.3 Å². The van der Waals surface area contributed by atoms with Crippen molar-refractivity contribution in [1.29, 1.82) is 0 Å². The van der Waals surface area contributed by atoms with E-state index in [2.05, 4.69) is 10.1 Å². The van der Waals surface area contributed by atoms with Gasteiger partial charge in [0.15, 0.2) is 0 Å². The van der Waals surface area contributed by atoms with Crippen LogP contribution in [0.1, 0.15) is 32.9 Å². The summed E-state index contributed by atoms with van der Waals surface area (Å²) in [5.41, 5.74) is 3.59. The van der Waals surface area contributed by atoms with Crippen LogP contribution in [0, 0.1) is 20.8 Å². The molecule has 0 unspecified atom stereocenters. The van der Waals surface area contributed by atoms with Gasteiger partial charge in [0.1, 0.15) is 5.56 Å². The fourth-order valence-electron chi connectivity index (χ4n) is 2.04. The second-order valence-electron chi connectivity index (χ2n) is 4.38. The first-order valence-corrected chi connectivity index (χ1v) is 5.67. The van der Waals surface area contributed by atoms with E-state index in [-0.39, 0.29) is 5.56 Å². The molecule has 5 nitrogen and oxygen atoms in total. The van der Waals surface area contributed by atoms with E-state index in [1.165, 1.54) is 0 Å². The summed E-state index contributed by atoms with van der Waals surface area (Å²) in [5.74, 6) is -0.932. The van der Waals surface area contributed by atoms with Crippen molar-refractivity contribution in [2.75, 3.05) is 0 Å². The van der Waals surface area contributed by atoms with Crippen molar-refractivity contribution in [3.63, 3.8) is 0 Å². The van der Waals surface area contributed by atoms with Gasteiger partial charge in [-0.05, 0) is 31.9 Å². The Hall–Kier alpha value is -2.17. The lowest BCUT2D eigenvalue weighted by atomic mass is 10.2. The van der Waals surface area contributed by atoms with E-state index < -0.39 is 5.97 Å². The van der Waals surface area contributed by atoms with Gasteiger partial charge in [-0.2, -0.15) is 5.10 Å². The monoisotopic (exact) mass is 245 g/mol. The number of aromatic nitrogens is 3. The number of carboxylic acids is 1. The molecule has 0 aliphatic rings. The maximum absolute atomic E-state index is 11.1. The number of hydrogen-bond acceptors (Lipinski definition) is 3. The summed E-state index contributed by atoms with van der Waals surface area (Å²) in [6.07, 6.45) is 3.55. The highest BCUT2D eigenvalue weighted by Crippen LogP contribution is 2.14. The number of carboxylic acid groups (broad SMARTS) is 1. The molecule has 2 rings (SSSR count). The van der Waals surface area contributed by atoms with Crippen LogP contribution in [0.25, 0.3) is 0 Å². The summed E-state index contributed by atoms with van der Waals surface area (Å²) in [6, 6.07) is 2.02. The third-order valence-corrected chi connectivity index (χ3v) is 2.86. The zero-order valence-electron chi connectivity index (χ0n) is 10.6. The number of pyridine rings is 1. The first-order valence-electron chi connectivity index (χ1n) is 5.67. The molecule has 0 bridgehead atoms. The van der Waals surface area contributed by atoms with Crippen LogP contribution in [0.15, 0.2) is 18.5 Å². The average molecular weight is 245 g/mol. The summed E-state index contributed by atoms with van der Waals surface area (Å²) >= 11 is 0. The minimum atomic E-state index is -0.932. The Bertz CT molecular complexity index is 602. The van der Waals surface area contributed by atoms with Crippen molar-refractivity contribution in [3.05, 3.63) is 46.5 Å². The molecule has 18 heavy (non-hydrogen) atoms. The molecule has 1 N–H and O–H groups in total.